The summed E-state index contributed by atoms with van der Waals surface area (Å²) < 4.78 is 31.5. The molecule has 29 heavy (non-hydrogen) atoms. The molecule has 1 saturated heterocycles. The molecule has 2 fully saturated rings. The number of aromatic hydroxyl groups is 1. The van der Waals surface area contributed by atoms with Gasteiger partial charge in [0.05, 0.1) is 13.2 Å². The zero-order valence-electron chi connectivity index (χ0n) is 15.6. The highest BCUT2D eigenvalue weighted by molar-refractivity contribution is 6.00. The van der Waals surface area contributed by atoms with Crippen LogP contribution >= 0.6 is 0 Å². The zero-order valence-corrected chi connectivity index (χ0v) is 15.6. The lowest BCUT2D eigenvalue weighted by atomic mass is 9.96. The van der Waals surface area contributed by atoms with E-state index in [9.17, 15) is 13.9 Å². The van der Waals surface area contributed by atoms with Gasteiger partial charge in [-0.15, -0.1) is 10.2 Å². The van der Waals surface area contributed by atoms with Crippen molar-refractivity contribution in [3.63, 3.8) is 0 Å². The first kappa shape index (κ1) is 18.2. The fourth-order valence-corrected chi connectivity index (χ4v) is 4.50. The van der Waals surface area contributed by atoms with Gasteiger partial charge in [-0.1, -0.05) is 6.07 Å². The van der Waals surface area contributed by atoms with Crippen molar-refractivity contribution in [3.8, 4) is 17.0 Å². The summed E-state index contributed by atoms with van der Waals surface area (Å²) in [5, 5.41) is 24.1. The number of rotatable bonds is 4. The van der Waals surface area contributed by atoms with E-state index < -0.39 is 6.43 Å². The molecular formula is C21H20F2N4O2. The molecule has 2 atom stereocenters. The van der Waals surface area contributed by atoms with E-state index in [1.165, 1.54) is 12.1 Å². The van der Waals surface area contributed by atoms with Crippen LogP contribution in [0.4, 0.5) is 14.6 Å². The van der Waals surface area contributed by atoms with Gasteiger partial charge in [-0.2, -0.15) is 0 Å². The molecule has 3 aromatic rings. The number of hydrogen-bond donors (Lipinski definition) is 2. The van der Waals surface area contributed by atoms with Crippen LogP contribution in [0.1, 0.15) is 24.8 Å². The molecule has 0 spiro atoms. The number of nitrogens with one attached hydrogen (secondary N) is 1. The minimum Gasteiger partial charge on any atom is -0.507 e. The van der Waals surface area contributed by atoms with Crippen LogP contribution in [0, 0.1) is 11.8 Å². The molecule has 2 N–H and O–H groups in total. The van der Waals surface area contributed by atoms with Crippen LogP contribution in [0.5, 0.6) is 5.75 Å². The summed E-state index contributed by atoms with van der Waals surface area (Å²) in [5.74, 6) is 1.29. The van der Waals surface area contributed by atoms with Gasteiger partial charge in [0.2, 0.25) is 0 Å². The molecule has 150 valence electrons. The summed E-state index contributed by atoms with van der Waals surface area (Å²) in [7, 11) is 0. The molecule has 2 bridgehead atoms. The van der Waals surface area contributed by atoms with Crippen LogP contribution in [0.3, 0.4) is 0 Å². The number of phenols is 1. The molecule has 1 aromatic carbocycles. The Labute approximate surface area is 165 Å². The maximum atomic E-state index is 12.9. The molecule has 0 amide bonds. The van der Waals surface area contributed by atoms with Crippen molar-refractivity contribution < 1.29 is 18.6 Å². The van der Waals surface area contributed by atoms with E-state index in [1.54, 1.807) is 18.5 Å². The van der Waals surface area contributed by atoms with Gasteiger partial charge in [0, 0.05) is 52.2 Å². The van der Waals surface area contributed by atoms with Crippen molar-refractivity contribution in [2.24, 2.45) is 11.8 Å². The van der Waals surface area contributed by atoms with E-state index >= 15 is 0 Å². The van der Waals surface area contributed by atoms with Crippen LogP contribution in [0.15, 0.2) is 36.7 Å². The molecule has 1 saturated carbocycles. The number of pyridine rings is 1. The molecule has 8 heteroatoms. The lowest BCUT2D eigenvalue weighted by Gasteiger charge is -2.31. The lowest BCUT2D eigenvalue weighted by molar-refractivity contribution is 0.0392. The lowest BCUT2D eigenvalue weighted by Crippen LogP contribution is -2.39. The van der Waals surface area contributed by atoms with Crippen molar-refractivity contribution in [2.75, 3.05) is 18.5 Å². The number of halogens is 2. The predicted molar refractivity (Wildman–Crippen MR) is 104 cm³/mol. The maximum absolute atomic E-state index is 12.9. The Morgan fingerprint density at radius 2 is 1.86 bits per heavy atom. The summed E-state index contributed by atoms with van der Waals surface area (Å²) in [6.07, 6.45) is 2.97. The number of anilines is 1. The van der Waals surface area contributed by atoms with Gasteiger partial charge in [0.1, 0.15) is 11.4 Å². The number of nitrogens with zero attached hydrogens (tertiary/aromatic N) is 3. The number of benzene rings is 1. The van der Waals surface area contributed by atoms with E-state index in [4.69, 9.17) is 4.74 Å². The average Bonchev–Trinajstić information content (AvgIpc) is 2.94. The largest absolute Gasteiger partial charge is 0.507 e. The van der Waals surface area contributed by atoms with Crippen molar-refractivity contribution in [1.29, 1.82) is 0 Å². The number of aromatic nitrogens is 3. The van der Waals surface area contributed by atoms with E-state index in [0.29, 0.717) is 28.9 Å². The molecule has 1 aliphatic carbocycles. The third-order valence-corrected chi connectivity index (χ3v) is 6.00. The quantitative estimate of drug-likeness (QED) is 0.687. The number of hydrogen-bond acceptors (Lipinski definition) is 6. The monoisotopic (exact) mass is 398 g/mol. The maximum Gasteiger partial charge on any atom is 0.263 e. The Hall–Kier alpha value is -2.87. The fraction of sp³-hybridized carbons (Fsp3) is 0.381. The SMILES string of the molecule is Oc1cc(C(F)F)ccc1-c1nnc(NC2C3CCC2COC3)c2cnccc12. The van der Waals surface area contributed by atoms with Gasteiger partial charge < -0.3 is 15.2 Å². The molecule has 2 aromatic heterocycles. The summed E-state index contributed by atoms with van der Waals surface area (Å²) in [6, 6.07) is 5.89. The third-order valence-electron chi connectivity index (χ3n) is 6.00. The Kier molecular flexibility index (Phi) is 4.50. The van der Waals surface area contributed by atoms with Crippen LogP contribution in [-0.4, -0.2) is 39.5 Å². The molecule has 3 heterocycles. The standard InChI is InChI=1S/C21H20F2N4O2/c22-20(23)11-3-4-15(17(28)7-11)19-14-5-6-24-8-16(14)21(27-26-19)25-18-12-1-2-13(18)10-29-9-12/h3-8,12-13,18,20,28H,1-2,9-10H2,(H,25,27). The van der Waals surface area contributed by atoms with Gasteiger partial charge in [-0.25, -0.2) is 8.78 Å². The van der Waals surface area contributed by atoms with E-state index in [2.05, 4.69) is 20.5 Å². The summed E-state index contributed by atoms with van der Waals surface area (Å²) in [5.41, 5.74) is 0.551. The second-order valence-corrected chi connectivity index (χ2v) is 7.70. The number of fused-ring (bicyclic) bond motifs is 3. The molecule has 2 unspecified atom stereocenters. The Bertz CT molecular complexity index is 1050. The summed E-state index contributed by atoms with van der Waals surface area (Å²) >= 11 is 0. The smallest absolute Gasteiger partial charge is 0.263 e. The molecule has 5 rings (SSSR count). The van der Waals surface area contributed by atoms with E-state index in [0.717, 1.165) is 42.9 Å². The molecular weight excluding hydrogens is 378 g/mol. The minimum absolute atomic E-state index is 0.238. The van der Waals surface area contributed by atoms with Crippen LogP contribution in [0.25, 0.3) is 22.0 Å². The second-order valence-electron chi connectivity index (χ2n) is 7.70. The van der Waals surface area contributed by atoms with E-state index in [-0.39, 0.29) is 17.4 Å². The van der Waals surface area contributed by atoms with Crippen LogP contribution < -0.4 is 5.32 Å². The van der Waals surface area contributed by atoms with Gasteiger partial charge in [-0.3, -0.25) is 4.98 Å². The van der Waals surface area contributed by atoms with Gasteiger partial charge >= 0.3 is 0 Å². The Balaban J connectivity index is 1.55. The topological polar surface area (TPSA) is 80.2 Å². The highest BCUT2D eigenvalue weighted by Crippen LogP contribution is 2.40. The first-order valence-corrected chi connectivity index (χ1v) is 9.68. The van der Waals surface area contributed by atoms with Gasteiger partial charge in [0.25, 0.3) is 6.43 Å². The fourth-order valence-electron chi connectivity index (χ4n) is 4.50. The van der Waals surface area contributed by atoms with E-state index in [1.807, 2.05) is 0 Å². The minimum atomic E-state index is -2.65. The highest BCUT2D eigenvalue weighted by Gasteiger charge is 2.40. The summed E-state index contributed by atoms with van der Waals surface area (Å²) in [6.45, 7) is 1.50. The number of ether oxygens (including phenoxy) is 1. The zero-order chi connectivity index (χ0) is 20.0. The molecule has 2 aliphatic rings. The Morgan fingerprint density at radius 1 is 1.07 bits per heavy atom. The summed E-state index contributed by atoms with van der Waals surface area (Å²) in [4.78, 5) is 4.22. The number of phenolic OH excluding ortho intramolecular Hbond substituents is 1. The van der Waals surface area contributed by atoms with Crippen molar-refractivity contribution in [3.05, 3.63) is 42.2 Å². The van der Waals surface area contributed by atoms with Crippen LogP contribution in [0.2, 0.25) is 0 Å². The van der Waals surface area contributed by atoms with Crippen LogP contribution in [-0.2, 0) is 4.74 Å². The molecule has 1 aliphatic heterocycles. The number of alkyl halides is 2. The van der Waals surface area contributed by atoms with Crippen molar-refractivity contribution >= 4 is 16.6 Å². The highest BCUT2D eigenvalue weighted by atomic mass is 19.3. The van der Waals surface area contributed by atoms with Crippen molar-refractivity contribution in [2.45, 2.75) is 25.3 Å². The van der Waals surface area contributed by atoms with Gasteiger partial charge in [0.15, 0.2) is 5.82 Å². The molecule has 6 nitrogen and oxygen atoms in total. The third kappa shape index (κ3) is 3.17. The average molecular weight is 398 g/mol. The Morgan fingerprint density at radius 3 is 2.59 bits per heavy atom. The van der Waals surface area contributed by atoms with Gasteiger partial charge in [-0.05, 0) is 31.0 Å². The first-order valence-electron chi connectivity index (χ1n) is 9.68. The molecule has 0 radical (unpaired) electrons. The normalized spacial score (nSPS) is 23.6. The predicted octanol–water partition coefficient (Wildman–Crippen LogP) is 4.17. The first-order chi connectivity index (χ1) is 14.1. The second kappa shape index (κ2) is 7.18. The van der Waals surface area contributed by atoms with Crippen molar-refractivity contribution in [1.82, 2.24) is 15.2 Å².